The third-order valence-electron chi connectivity index (χ3n) is 4.31. The maximum absolute atomic E-state index is 12.1. The van der Waals surface area contributed by atoms with Crippen LogP contribution in [0, 0.1) is 0 Å². The number of nitrogens with zero attached hydrogens (tertiary/aromatic N) is 1. The molecule has 102 valence electrons. The molecule has 3 nitrogen and oxygen atoms in total. The van der Waals surface area contributed by atoms with Crippen LogP contribution in [0.3, 0.4) is 0 Å². The SMILES string of the molecule is O=c1[nH]c(C2Cc3ccccc3C2)nc(C2CC2)c1Br. The Morgan fingerprint density at radius 1 is 1.10 bits per heavy atom. The molecule has 0 spiro atoms. The van der Waals surface area contributed by atoms with Crippen LogP contribution in [0.4, 0.5) is 0 Å². The predicted molar refractivity (Wildman–Crippen MR) is 81.1 cm³/mol. The molecule has 1 aromatic heterocycles. The first kappa shape index (κ1) is 12.3. The van der Waals surface area contributed by atoms with E-state index in [4.69, 9.17) is 4.98 Å². The number of hydrogen-bond donors (Lipinski definition) is 1. The summed E-state index contributed by atoms with van der Waals surface area (Å²) in [4.78, 5) is 19.8. The molecule has 0 radical (unpaired) electrons. The summed E-state index contributed by atoms with van der Waals surface area (Å²) in [6.45, 7) is 0. The van der Waals surface area contributed by atoms with Gasteiger partial charge >= 0.3 is 0 Å². The van der Waals surface area contributed by atoms with Crippen LogP contribution in [-0.2, 0) is 12.8 Å². The second-order valence-corrected chi connectivity index (χ2v) is 6.59. The van der Waals surface area contributed by atoms with Crippen molar-refractivity contribution in [3.05, 3.63) is 61.7 Å². The average Bonchev–Trinajstić information content (AvgIpc) is 3.19. The lowest BCUT2D eigenvalue weighted by Gasteiger charge is -2.11. The Bertz CT molecular complexity index is 708. The molecular weight excluding hydrogens is 316 g/mol. The molecular formula is C16H15BrN2O. The van der Waals surface area contributed by atoms with Gasteiger partial charge in [0.25, 0.3) is 5.56 Å². The van der Waals surface area contributed by atoms with Gasteiger partial charge in [-0.25, -0.2) is 4.98 Å². The van der Waals surface area contributed by atoms with E-state index in [-0.39, 0.29) is 5.56 Å². The summed E-state index contributed by atoms with van der Waals surface area (Å²) in [5.41, 5.74) is 3.69. The minimum absolute atomic E-state index is 0.0344. The quantitative estimate of drug-likeness (QED) is 0.918. The number of H-pyrrole nitrogens is 1. The predicted octanol–water partition coefficient (Wildman–Crippen LogP) is 3.29. The molecule has 0 bridgehead atoms. The van der Waals surface area contributed by atoms with Crippen molar-refractivity contribution in [3.63, 3.8) is 0 Å². The van der Waals surface area contributed by atoms with Gasteiger partial charge < -0.3 is 4.98 Å². The van der Waals surface area contributed by atoms with Crippen LogP contribution in [-0.4, -0.2) is 9.97 Å². The first-order chi connectivity index (χ1) is 9.72. The maximum Gasteiger partial charge on any atom is 0.265 e. The standard InChI is InChI=1S/C16H15BrN2O/c17-13-14(9-5-6-9)18-15(19-16(13)20)12-7-10-3-1-2-4-11(10)8-12/h1-4,9,12H,5-8H2,(H,18,19,20). The first-order valence-corrected chi connectivity index (χ1v) is 7.88. The molecule has 0 unspecified atom stereocenters. The highest BCUT2D eigenvalue weighted by atomic mass is 79.9. The third kappa shape index (κ3) is 2.03. The fourth-order valence-electron chi connectivity index (χ4n) is 3.07. The van der Waals surface area contributed by atoms with Gasteiger partial charge in [-0.3, -0.25) is 4.79 Å². The molecule has 1 N–H and O–H groups in total. The maximum atomic E-state index is 12.1. The van der Waals surface area contributed by atoms with Gasteiger partial charge in [0.2, 0.25) is 0 Å². The zero-order valence-corrected chi connectivity index (χ0v) is 12.6. The lowest BCUT2D eigenvalue weighted by molar-refractivity contribution is 0.667. The van der Waals surface area contributed by atoms with Crippen molar-refractivity contribution in [1.29, 1.82) is 0 Å². The van der Waals surface area contributed by atoms with Crippen LogP contribution >= 0.6 is 15.9 Å². The van der Waals surface area contributed by atoms with Gasteiger partial charge in [-0.15, -0.1) is 0 Å². The third-order valence-corrected chi connectivity index (χ3v) is 5.07. The molecule has 4 rings (SSSR count). The minimum Gasteiger partial charge on any atom is -0.309 e. The van der Waals surface area contributed by atoms with Crippen LogP contribution in [0.15, 0.2) is 33.5 Å². The van der Waals surface area contributed by atoms with E-state index in [0.29, 0.717) is 16.3 Å². The lowest BCUT2D eigenvalue weighted by atomic mass is 10.1. The molecule has 1 saturated carbocycles. The zero-order chi connectivity index (χ0) is 13.7. The Hall–Kier alpha value is -1.42. The summed E-state index contributed by atoms with van der Waals surface area (Å²) in [6, 6.07) is 8.51. The van der Waals surface area contributed by atoms with E-state index in [1.807, 2.05) is 0 Å². The Morgan fingerprint density at radius 2 is 1.75 bits per heavy atom. The number of hydrogen-bond acceptors (Lipinski definition) is 2. The van der Waals surface area contributed by atoms with Crippen molar-refractivity contribution in [2.24, 2.45) is 0 Å². The van der Waals surface area contributed by atoms with E-state index < -0.39 is 0 Å². The van der Waals surface area contributed by atoms with Gasteiger partial charge in [-0.1, -0.05) is 24.3 Å². The van der Waals surface area contributed by atoms with Crippen LogP contribution in [0.25, 0.3) is 0 Å². The van der Waals surface area contributed by atoms with E-state index >= 15 is 0 Å². The van der Waals surface area contributed by atoms with Crippen LogP contribution in [0.5, 0.6) is 0 Å². The monoisotopic (exact) mass is 330 g/mol. The Balaban J connectivity index is 1.72. The Morgan fingerprint density at radius 3 is 2.35 bits per heavy atom. The van der Waals surface area contributed by atoms with E-state index in [0.717, 1.165) is 37.2 Å². The smallest absolute Gasteiger partial charge is 0.265 e. The molecule has 0 atom stereocenters. The zero-order valence-electron chi connectivity index (χ0n) is 11.0. The number of halogens is 1. The van der Waals surface area contributed by atoms with Gasteiger partial charge in [0.1, 0.15) is 10.3 Å². The highest BCUT2D eigenvalue weighted by molar-refractivity contribution is 9.10. The average molecular weight is 331 g/mol. The fourth-order valence-corrected chi connectivity index (χ4v) is 3.58. The molecule has 2 aromatic rings. The van der Waals surface area contributed by atoms with Crippen molar-refractivity contribution in [2.75, 3.05) is 0 Å². The molecule has 20 heavy (non-hydrogen) atoms. The van der Waals surface area contributed by atoms with Gasteiger partial charge in [0, 0.05) is 11.8 Å². The van der Waals surface area contributed by atoms with Crippen molar-refractivity contribution < 1.29 is 0 Å². The lowest BCUT2D eigenvalue weighted by Crippen LogP contribution is -2.18. The molecule has 4 heteroatoms. The number of nitrogens with one attached hydrogen (secondary N) is 1. The molecule has 1 aromatic carbocycles. The summed E-state index contributed by atoms with van der Waals surface area (Å²) in [5, 5.41) is 0. The largest absolute Gasteiger partial charge is 0.309 e. The topological polar surface area (TPSA) is 45.8 Å². The summed E-state index contributed by atoms with van der Waals surface area (Å²) < 4.78 is 0.624. The molecule has 0 amide bonds. The molecule has 0 saturated heterocycles. The fraction of sp³-hybridized carbons (Fsp3) is 0.375. The van der Waals surface area contributed by atoms with Crippen molar-refractivity contribution >= 4 is 15.9 Å². The van der Waals surface area contributed by atoms with Crippen molar-refractivity contribution in [3.8, 4) is 0 Å². The summed E-state index contributed by atoms with van der Waals surface area (Å²) in [7, 11) is 0. The Labute approximate surface area is 125 Å². The van der Waals surface area contributed by atoms with Crippen LogP contribution in [0.1, 0.15) is 47.3 Å². The van der Waals surface area contributed by atoms with Crippen LogP contribution in [0.2, 0.25) is 0 Å². The number of aromatic amines is 1. The number of rotatable bonds is 2. The Kier molecular flexibility index (Phi) is 2.81. The number of benzene rings is 1. The highest BCUT2D eigenvalue weighted by Crippen LogP contribution is 2.42. The minimum atomic E-state index is -0.0344. The molecule has 2 aliphatic carbocycles. The van der Waals surface area contributed by atoms with E-state index in [2.05, 4.69) is 45.2 Å². The second kappa shape index (κ2) is 4.55. The summed E-state index contributed by atoms with van der Waals surface area (Å²) >= 11 is 3.39. The normalized spacial score (nSPS) is 18.2. The molecule has 1 fully saturated rings. The molecule has 1 heterocycles. The van der Waals surface area contributed by atoms with Gasteiger partial charge in [-0.2, -0.15) is 0 Å². The van der Waals surface area contributed by atoms with Crippen molar-refractivity contribution in [1.82, 2.24) is 9.97 Å². The van der Waals surface area contributed by atoms with E-state index in [1.165, 1.54) is 11.1 Å². The van der Waals surface area contributed by atoms with Crippen LogP contribution < -0.4 is 5.56 Å². The number of fused-ring (bicyclic) bond motifs is 1. The highest BCUT2D eigenvalue weighted by Gasteiger charge is 2.31. The van der Waals surface area contributed by atoms with E-state index in [1.54, 1.807) is 0 Å². The summed E-state index contributed by atoms with van der Waals surface area (Å²) in [5.74, 6) is 1.65. The number of aromatic nitrogens is 2. The van der Waals surface area contributed by atoms with E-state index in [9.17, 15) is 4.79 Å². The summed E-state index contributed by atoms with van der Waals surface area (Å²) in [6.07, 6.45) is 4.26. The van der Waals surface area contributed by atoms with Gasteiger partial charge in [0.15, 0.2) is 0 Å². The van der Waals surface area contributed by atoms with Gasteiger partial charge in [-0.05, 0) is 52.7 Å². The van der Waals surface area contributed by atoms with Crippen molar-refractivity contribution in [2.45, 2.75) is 37.5 Å². The van der Waals surface area contributed by atoms with Gasteiger partial charge in [0.05, 0.1) is 5.69 Å². The molecule has 2 aliphatic rings. The first-order valence-electron chi connectivity index (χ1n) is 7.09. The molecule has 0 aliphatic heterocycles. The second-order valence-electron chi connectivity index (χ2n) is 5.80.